The van der Waals surface area contributed by atoms with E-state index in [0.717, 1.165) is 25.7 Å². The highest BCUT2D eigenvalue weighted by atomic mass is 31.2. The quantitative estimate of drug-likeness (QED) is 0.0128. The van der Waals surface area contributed by atoms with Gasteiger partial charge >= 0.3 is 19.8 Å². The van der Waals surface area contributed by atoms with E-state index in [-0.39, 0.29) is 45.4 Å². The molecule has 0 bridgehead atoms. The Morgan fingerprint density at radius 3 is 1.65 bits per heavy atom. The Bertz CT molecular complexity index is 1220. The third-order valence-electron chi connectivity index (χ3n) is 9.76. The van der Waals surface area contributed by atoms with E-state index in [1.54, 1.807) is 42.5 Å². The van der Waals surface area contributed by atoms with Crippen LogP contribution in [-0.4, -0.2) is 82.9 Å². The molecule has 5 atom stereocenters. The number of carbonyl (C=O) groups is 2. The zero-order valence-electron chi connectivity index (χ0n) is 37.3. The molecule has 0 aliphatic heterocycles. The number of hydrogen-bond donors (Lipinski definition) is 5. The molecule has 1 unspecified atom stereocenters. The van der Waals surface area contributed by atoms with Gasteiger partial charge in [0.15, 0.2) is 6.10 Å². The lowest BCUT2D eigenvalue weighted by molar-refractivity contribution is -0.161. The minimum Gasteiger partial charge on any atom is -0.462 e. The molecule has 0 rings (SSSR count). The number of unbranched alkanes of at least 4 members (excludes halogenated alkanes) is 18. The van der Waals surface area contributed by atoms with Gasteiger partial charge in [-0.05, 0) is 32.1 Å². The van der Waals surface area contributed by atoms with Gasteiger partial charge < -0.3 is 35.4 Å². The molecular weight excluding hydrogens is 785 g/mol. The number of esters is 2. The van der Waals surface area contributed by atoms with Crippen LogP contribution in [0.2, 0.25) is 0 Å². The van der Waals surface area contributed by atoms with Crippen molar-refractivity contribution in [3.8, 4) is 0 Å². The maximum Gasteiger partial charge on any atom is 0.472 e. The van der Waals surface area contributed by atoms with Gasteiger partial charge in [-0.2, -0.15) is 0 Å². The summed E-state index contributed by atoms with van der Waals surface area (Å²) in [6, 6.07) is 0. The molecule has 6 N–H and O–H groups in total. The fourth-order valence-corrected chi connectivity index (χ4v) is 6.98. The van der Waals surface area contributed by atoms with Crippen LogP contribution in [0.25, 0.3) is 0 Å². The van der Waals surface area contributed by atoms with E-state index < -0.39 is 50.8 Å². The first-order valence-electron chi connectivity index (χ1n) is 23.1. The summed E-state index contributed by atoms with van der Waals surface area (Å²) in [5.41, 5.74) is 5.33. The third-order valence-corrected chi connectivity index (χ3v) is 10.7. The van der Waals surface area contributed by atoms with E-state index >= 15 is 0 Å². The van der Waals surface area contributed by atoms with Gasteiger partial charge in [0.2, 0.25) is 0 Å². The van der Waals surface area contributed by atoms with Crippen LogP contribution in [0, 0.1) is 0 Å². The first kappa shape index (κ1) is 57.6. The lowest BCUT2D eigenvalue weighted by Crippen LogP contribution is -2.30. The molecule has 12 nitrogen and oxygen atoms in total. The van der Waals surface area contributed by atoms with Crippen LogP contribution in [-0.2, 0) is 32.7 Å². The normalized spacial score (nSPS) is 15.4. The second-order valence-corrected chi connectivity index (χ2v) is 16.9. The number of hydrogen-bond acceptors (Lipinski definition) is 11. The summed E-state index contributed by atoms with van der Waals surface area (Å²) < 4.78 is 32.6. The summed E-state index contributed by atoms with van der Waals surface area (Å²) in [6.07, 6.45) is 39.1. The SMILES string of the molecule is CC/C=C\C[C@H](O)/C=C/C=C/C=C\C=C/[C@@H](O)[C@H](O)CCCC(=O)O[C@H](COC(=O)CCCCCCCCCCCCCCCCCCCCC)COP(=O)(O)OCCN. The summed E-state index contributed by atoms with van der Waals surface area (Å²) in [7, 11) is -4.48. The number of aliphatic hydroxyl groups excluding tert-OH is 3. The van der Waals surface area contributed by atoms with Crippen molar-refractivity contribution >= 4 is 19.8 Å². The predicted molar refractivity (Wildman–Crippen MR) is 242 cm³/mol. The molecule has 0 aromatic carbocycles. The minimum absolute atomic E-state index is 0.00411. The smallest absolute Gasteiger partial charge is 0.462 e. The molecule has 0 aromatic heterocycles. The Kier molecular flexibility index (Phi) is 40.2. The molecule has 0 radical (unpaired) electrons. The summed E-state index contributed by atoms with van der Waals surface area (Å²) >= 11 is 0. The fourth-order valence-electron chi connectivity index (χ4n) is 6.21. The lowest BCUT2D eigenvalue weighted by Gasteiger charge is -2.20. The van der Waals surface area contributed by atoms with Crippen LogP contribution in [0.1, 0.15) is 174 Å². The van der Waals surface area contributed by atoms with Gasteiger partial charge in [-0.25, -0.2) is 4.57 Å². The topological polar surface area (TPSA) is 195 Å². The Balaban J connectivity index is 4.40. The molecule has 0 amide bonds. The highest BCUT2D eigenvalue weighted by Crippen LogP contribution is 2.43. The number of nitrogens with two attached hydrogens (primary N) is 1. The number of phosphoric acid groups is 1. The molecule has 0 saturated heterocycles. The van der Waals surface area contributed by atoms with Gasteiger partial charge in [0.1, 0.15) is 6.61 Å². The van der Waals surface area contributed by atoms with Crippen LogP contribution in [0.3, 0.4) is 0 Å². The number of rotatable bonds is 42. The van der Waals surface area contributed by atoms with Crippen LogP contribution in [0.15, 0.2) is 60.8 Å². The standard InChI is InChI=1S/C47H84NO11P/c1-3-5-7-8-9-10-11-12-13-14-15-16-17-18-19-20-21-26-30-36-46(52)56-40-43(41-58-60(54,55)57-39-38-48)59-47(53)37-31-35-45(51)44(50)34-29-25-23-22-24-28-33-42(49)32-27-6-4-2/h6,22-25,27-29,33-34,42-45,49-51H,3-5,7-21,26,30-32,35-41,48H2,1-2H3,(H,54,55)/b24-22+,25-23-,27-6-,33-28+,34-29-/t42-,43+,44+,45+/m0/s1. The number of aliphatic hydroxyl groups is 3. The lowest BCUT2D eigenvalue weighted by atomic mass is 10.0. The van der Waals surface area contributed by atoms with E-state index in [2.05, 4.69) is 6.92 Å². The average molecular weight is 870 g/mol. The third kappa shape index (κ3) is 39.7. The van der Waals surface area contributed by atoms with Crippen molar-refractivity contribution in [2.75, 3.05) is 26.4 Å². The summed E-state index contributed by atoms with van der Waals surface area (Å²) in [5, 5.41) is 30.4. The molecule has 0 fully saturated rings. The highest BCUT2D eigenvalue weighted by molar-refractivity contribution is 7.47. The predicted octanol–water partition coefficient (Wildman–Crippen LogP) is 10.2. The zero-order chi connectivity index (χ0) is 44.4. The van der Waals surface area contributed by atoms with Crippen LogP contribution >= 0.6 is 7.82 Å². The summed E-state index contributed by atoms with van der Waals surface area (Å²) in [4.78, 5) is 35.0. The number of phosphoric ester groups is 1. The van der Waals surface area contributed by atoms with Gasteiger partial charge in [-0.15, -0.1) is 0 Å². The monoisotopic (exact) mass is 870 g/mol. The van der Waals surface area contributed by atoms with Crippen molar-refractivity contribution in [3.63, 3.8) is 0 Å². The van der Waals surface area contributed by atoms with E-state index in [1.165, 1.54) is 102 Å². The minimum atomic E-state index is -4.48. The van der Waals surface area contributed by atoms with Crippen molar-refractivity contribution in [1.29, 1.82) is 0 Å². The molecule has 13 heteroatoms. The molecule has 0 spiro atoms. The van der Waals surface area contributed by atoms with Crippen LogP contribution < -0.4 is 5.73 Å². The van der Waals surface area contributed by atoms with Crippen molar-refractivity contribution < 1.29 is 52.9 Å². The maximum atomic E-state index is 12.6. The number of ether oxygens (including phenoxy) is 2. The number of carbonyl (C=O) groups excluding carboxylic acids is 2. The second kappa shape index (κ2) is 41.9. The van der Waals surface area contributed by atoms with Crippen molar-refractivity contribution in [2.45, 2.75) is 199 Å². The number of allylic oxidation sites excluding steroid dienone is 7. The molecular formula is C47H84NO11P. The van der Waals surface area contributed by atoms with Gasteiger partial charge in [-0.1, -0.05) is 190 Å². The Morgan fingerprint density at radius 2 is 1.12 bits per heavy atom. The maximum absolute atomic E-state index is 12.6. The average Bonchev–Trinajstić information content (AvgIpc) is 3.22. The Morgan fingerprint density at radius 1 is 0.617 bits per heavy atom. The molecule has 60 heavy (non-hydrogen) atoms. The van der Waals surface area contributed by atoms with Gasteiger partial charge in [0.05, 0.1) is 31.5 Å². The molecule has 0 aromatic rings. The zero-order valence-corrected chi connectivity index (χ0v) is 38.2. The van der Waals surface area contributed by atoms with Crippen LogP contribution in [0.4, 0.5) is 0 Å². The van der Waals surface area contributed by atoms with Crippen molar-refractivity contribution in [3.05, 3.63) is 60.8 Å². The molecule has 0 aliphatic rings. The van der Waals surface area contributed by atoms with Crippen LogP contribution in [0.5, 0.6) is 0 Å². The Hall–Kier alpha value is -2.41. The first-order chi connectivity index (χ1) is 29.0. The van der Waals surface area contributed by atoms with Crippen molar-refractivity contribution in [1.82, 2.24) is 0 Å². The molecule has 0 aliphatic carbocycles. The largest absolute Gasteiger partial charge is 0.472 e. The highest BCUT2D eigenvalue weighted by Gasteiger charge is 2.26. The molecule has 348 valence electrons. The summed E-state index contributed by atoms with van der Waals surface area (Å²) in [5.74, 6) is -1.16. The first-order valence-corrected chi connectivity index (χ1v) is 24.6. The van der Waals surface area contributed by atoms with Gasteiger partial charge in [-0.3, -0.25) is 18.6 Å². The van der Waals surface area contributed by atoms with E-state index in [4.69, 9.17) is 24.3 Å². The Labute approximate surface area is 363 Å². The molecule has 0 heterocycles. The van der Waals surface area contributed by atoms with Gasteiger partial charge in [0, 0.05) is 19.4 Å². The second-order valence-electron chi connectivity index (χ2n) is 15.5. The van der Waals surface area contributed by atoms with Gasteiger partial charge in [0.25, 0.3) is 0 Å². The van der Waals surface area contributed by atoms with E-state index in [1.807, 2.05) is 19.1 Å². The van der Waals surface area contributed by atoms with E-state index in [9.17, 15) is 34.4 Å². The molecule has 0 saturated carbocycles. The van der Waals surface area contributed by atoms with E-state index in [0.29, 0.717) is 12.8 Å². The summed E-state index contributed by atoms with van der Waals surface area (Å²) in [6.45, 7) is 3.15. The fraction of sp³-hybridized carbons (Fsp3) is 0.745. The van der Waals surface area contributed by atoms with Crippen molar-refractivity contribution in [2.24, 2.45) is 5.73 Å².